The van der Waals surface area contributed by atoms with Crippen LogP contribution in [0.15, 0.2) is 18.2 Å². The number of hydrogen-bond acceptors (Lipinski definition) is 4. The molecule has 2 N–H and O–H groups in total. The summed E-state index contributed by atoms with van der Waals surface area (Å²) in [4.78, 5) is 0. The highest BCUT2D eigenvalue weighted by Gasteiger charge is 2.12. The molecule has 2 aromatic rings. The maximum absolute atomic E-state index is 6.00. The SMILES string of the molecule is Cc1ccc(N)c(-c2nnnn2CCC(C)C)c1. The molecule has 0 amide bonds. The molecule has 0 unspecified atom stereocenters. The van der Waals surface area contributed by atoms with Gasteiger partial charge >= 0.3 is 0 Å². The summed E-state index contributed by atoms with van der Waals surface area (Å²) < 4.78 is 1.82. The van der Waals surface area contributed by atoms with E-state index in [0.717, 1.165) is 29.9 Å². The predicted octanol–water partition coefficient (Wildman–Crippen LogP) is 2.28. The summed E-state index contributed by atoms with van der Waals surface area (Å²) in [7, 11) is 0. The second-order valence-corrected chi connectivity index (χ2v) is 5.00. The summed E-state index contributed by atoms with van der Waals surface area (Å²) in [6.07, 6.45) is 1.05. The van der Waals surface area contributed by atoms with Gasteiger partial charge in [-0.1, -0.05) is 25.5 Å². The second-order valence-electron chi connectivity index (χ2n) is 5.00. The summed E-state index contributed by atoms with van der Waals surface area (Å²) in [5.41, 5.74) is 8.76. The smallest absolute Gasteiger partial charge is 0.184 e. The first kappa shape index (κ1) is 12.5. The lowest BCUT2D eigenvalue weighted by atomic mass is 10.1. The second kappa shape index (κ2) is 5.16. The molecule has 0 aliphatic carbocycles. The number of anilines is 1. The maximum Gasteiger partial charge on any atom is 0.184 e. The number of tetrazole rings is 1. The minimum Gasteiger partial charge on any atom is -0.398 e. The van der Waals surface area contributed by atoms with E-state index in [0.29, 0.717) is 11.6 Å². The Morgan fingerprint density at radius 1 is 1.33 bits per heavy atom. The Balaban J connectivity index is 2.33. The summed E-state index contributed by atoms with van der Waals surface area (Å²) >= 11 is 0. The number of nitrogens with zero attached hydrogens (tertiary/aromatic N) is 4. The van der Waals surface area contributed by atoms with Gasteiger partial charge < -0.3 is 5.73 Å². The molecular formula is C13H19N5. The van der Waals surface area contributed by atoms with E-state index in [1.807, 2.05) is 29.8 Å². The van der Waals surface area contributed by atoms with Crippen LogP contribution in [0.1, 0.15) is 25.8 Å². The van der Waals surface area contributed by atoms with Gasteiger partial charge in [0.15, 0.2) is 5.82 Å². The van der Waals surface area contributed by atoms with Crippen molar-refractivity contribution in [2.75, 3.05) is 5.73 Å². The van der Waals surface area contributed by atoms with Crippen molar-refractivity contribution in [3.05, 3.63) is 23.8 Å². The van der Waals surface area contributed by atoms with E-state index < -0.39 is 0 Å². The Labute approximate surface area is 107 Å². The van der Waals surface area contributed by atoms with E-state index in [4.69, 9.17) is 5.73 Å². The van der Waals surface area contributed by atoms with Gasteiger partial charge in [-0.05, 0) is 41.8 Å². The van der Waals surface area contributed by atoms with Crippen molar-refractivity contribution in [3.63, 3.8) is 0 Å². The molecule has 1 heterocycles. The van der Waals surface area contributed by atoms with Crippen LogP contribution < -0.4 is 5.73 Å². The largest absolute Gasteiger partial charge is 0.398 e. The summed E-state index contributed by atoms with van der Waals surface area (Å²) in [5, 5.41) is 11.9. The lowest BCUT2D eigenvalue weighted by Crippen LogP contribution is -2.06. The quantitative estimate of drug-likeness (QED) is 0.839. The Bertz CT molecular complexity index is 530. The summed E-state index contributed by atoms with van der Waals surface area (Å²) in [5.74, 6) is 1.37. The van der Waals surface area contributed by atoms with Crippen molar-refractivity contribution in [2.24, 2.45) is 5.92 Å². The Kier molecular flexibility index (Phi) is 3.60. The monoisotopic (exact) mass is 245 g/mol. The van der Waals surface area contributed by atoms with Gasteiger partial charge in [-0.25, -0.2) is 4.68 Å². The van der Waals surface area contributed by atoms with E-state index >= 15 is 0 Å². The third kappa shape index (κ3) is 2.67. The molecule has 0 radical (unpaired) electrons. The standard InChI is InChI=1S/C13H19N5/c1-9(2)6-7-18-13(15-16-17-18)11-8-10(3)4-5-12(11)14/h4-5,8-9H,6-7,14H2,1-3H3. The van der Waals surface area contributed by atoms with Crippen LogP contribution in [0.2, 0.25) is 0 Å². The van der Waals surface area contributed by atoms with Gasteiger partial charge in [-0.2, -0.15) is 0 Å². The van der Waals surface area contributed by atoms with Crippen LogP contribution in [0, 0.1) is 12.8 Å². The van der Waals surface area contributed by atoms with Crippen LogP contribution >= 0.6 is 0 Å². The third-order valence-corrected chi connectivity index (χ3v) is 2.90. The van der Waals surface area contributed by atoms with Crippen molar-refractivity contribution in [1.82, 2.24) is 20.2 Å². The number of benzene rings is 1. The molecule has 0 aliphatic heterocycles. The fourth-order valence-corrected chi connectivity index (χ4v) is 1.79. The van der Waals surface area contributed by atoms with Crippen LogP contribution in [0.5, 0.6) is 0 Å². The van der Waals surface area contributed by atoms with E-state index in [9.17, 15) is 0 Å². The van der Waals surface area contributed by atoms with Gasteiger partial charge in [0.05, 0.1) is 0 Å². The molecule has 0 spiro atoms. The average molecular weight is 245 g/mol. The zero-order chi connectivity index (χ0) is 13.1. The molecule has 0 fully saturated rings. The number of aryl methyl sites for hydroxylation is 2. The normalized spacial score (nSPS) is 11.1. The van der Waals surface area contributed by atoms with Crippen molar-refractivity contribution in [2.45, 2.75) is 33.7 Å². The van der Waals surface area contributed by atoms with Crippen LogP contribution in [0.4, 0.5) is 5.69 Å². The zero-order valence-electron chi connectivity index (χ0n) is 11.1. The summed E-state index contributed by atoms with van der Waals surface area (Å²) in [6, 6.07) is 5.90. The van der Waals surface area contributed by atoms with E-state index in [-0.39, 0.29) is 0 Å². The number of hydrogen-bond donors (Lipinski definition) is 1. The summed E-state index contributed by atoms with van der Waals surface area (Å²) in [6.45, 7) is 7.22. The number of aromatic nitrogens is 4. The molecule has 2 rings (SSSR count). The molecule has 5 nitrogen and oxygen atoms in total. The van der Waals surface area contributed by atoms with E-state index in [2.05, 4.69) is 29.4 Å². The first-order valence-corrected chi connectivity index (χ1v) is 6.20. The first-order valence-electron chi connectivity index (χ1n) is 6.20. The maximum atomic E-state index is 6.00. The highest BCUT2D eigenvalue weighted by atomic mass is 15.5. The third-order valence-electron chi connectivity index (χ3n) is 2.90. The van der Waals surface area contributed by atoms with E-state index in [1.165, 1.54) is 0 Å². The molecule has 18 heavy (non-hydrogen) atoms. The molecule has 1 aromatic heterocycles. The van der Waals surface area contributed by atoms with Crippen molar-refractivity contribution >= 4 is 5.69 Å². The molecule has 0 saturated carbocycles. The fourth-order valence-electron chi connectivity index (χ4n) is 1.79. The van der Waals surface area contributed by atoms with Crippen molar-refractivity contribution in [1.29, 1.82) is 0 Å². The molecular weight excluding hydrogens is 226 g/mol. The minimum atomic E-state index is 0.622. The molecule has 5 heteroatoms. The van der Waals surface area contributed by atoms with Gasteiger partial charge in [0.1, 0.15) is 0 Å². The minimum absolute atomic E-state index is 0.622. The van der Waals surface area contributed by atoms with Gasteiger partial charge in [0.2, 0.25) is 0 Å². The predicted molar refractivity (Wildman–Crippen MR) is 71.9 cm³/mol. The van der Waals surface area contributed by atoms with Crippen LogP contribution in [-0.4, -0.2) is 20.2 Å². The van der Waals surface area contributed by atoms with Gasteiger partial charge in [-0.15, -0.1) is 5.10 Å². The topological polar surface area (TPSA) is 69.6 Å². The molecule has 0 aliphatic rings. The van der Waals surface area contributed by atoms with Crippen LogP contribution in [-0.2, 0) is 6.54 Å². The highest BCUT2D eigenvalue weighted by molar-refractivity contribution is 5.71. The Hall–Kier alpha value is -1.91. The highest BCUT2D eigenvalue weighted by Crippen LogP contribution is 2.24. The average Bonchev–Trinajstić information content (AvgIpc) is 2.77. The number of rotatable bonds is 4. The zero-order valence-corrected chi connectivity index (χ0v) is 11.1. The molecule has 96 valence electrons. The van der Waals surface area contributed by atoms with Gasteiger partial charge in [-0.3, -0.25) is 0 Å². The van der Waals surface area contributed by atoms with Crippen LogP contribution in [0.25, 0.3) is 11.4 Å². The lowest BCUT2D eigenvalue weighted by molar-refractivity contribution is 0.481. The Morgan fingerprint density at radius 2 is 2.11 bits per heavy atom. The van der Waals surface area contributed by atoms with Crippen molar-refractivity contribution < 1.29 is 0 Å². The molecule has 1 aromatic carbocycles. The van der Waals surface area contributed by atoms with Gasteiger partial charge in [0, 0.05) is 17.8 Å². The number of nitrogens with two attached hydrogens (primary N) is 1. The van der Waals surface area contributed by atoms with E-state index in [1.54, 1.807) is 0 Å². The van der Waals surface area contributed by atoms with Crippen molar-refractivity contribution in [3.8, 4) is 11.4 Å². The number of nitrogen functional groups attached to an aromatic ring is 1. The fraction of sp³-hybridized carbons (Fsp3) is 0.462. The lowest BCUT2D eigenvalue weighted by Gasteiger charge is -2.09. The Morgan fingerprint density at radius 3 is 2.83 bits per heavy atom. The molecule has 0 saturated heterocycles. The van der Waals surface area contributed by atoms with Crippen LogP contribution in [0.3, 0.4) is 0 Å². The van der Waals surface area contributed by atoms with Gasteiger partial charge in [0.25, 0.3) is 0 Å². The first-order chi connectivity index (χ1) is 8.58. The molecule has 0 atom stereocenters. The molecule has 0 bridgehead atoms.